The van der Waals surface area contributed by atoms with Crippen molar-refractivity contribution < 1.29 is 9.90 Å². The van der Waals surface area contributed by atoms with Gasteiger partial charge in [-0.15, -0.1) is 0 Å². The van der Waals surface area contributed by atoms with E-state index < -0.39 is 0 Å². The Hall–Kier alpha value is -2.47. The SMILES string of the molecule is Cc1nc2c3ccccc3nn2c(C)c1CCC(=O)NCCO. The number of fused-ring (bicyclic) bond motifs is 3. The molecule has 1 amide bonds. The van der Waals surface area contributed by atoms with E-state index in [-0.39, 0.29) is 12.5 Å². The predicted molar refractivity (Wildman–Crippen MR) is 88.4 cm³/mol. The summed E-state index contributed by atoms with van der Waals surface area (Å²) < 4.78 is 1.86. The number of aliphatic hydroxyl groups excluding tert-OH is 1. The number of aryl methyl sites for hydroxylation is 2. The van der Waals surface area contributed by atoms with Crippen LogP contribution in [-0.2, 0) is 11.2 Å². The first-order valence-electron chi connectivity index (χ1n) is 7.73. The van der Waals surface area contributed by atoms with Crippen LogP contribution in [0.4, 0.5) is 0 Å². The number of benzene rings is 1. The van der Waals surface area contributed by atoms with Crippen molar-refractivity contribution >= 4 is 22.5 Å². The Balaban J connectivity index is 1.95. The molecule has 23 heavy (non-hydrogen) atoms. The minimum atomic E-state index is -0.0661. The number of aliphatic hydroxyl groups is 1. The van der Waals surface area contributed by atoms with Crippen LogP contribution < -0.4 is 5.32 Å². The minimum absolute atomic E-state index is 0.0445. The third-order valence-electron chi connectivity index (χ3n) is 4.05. The molecule has 2 heterocycles. The Labute approximate surface area is 134 Å². The first-order chi connectivity index (χ1) is 11.1. The van der Waals surface area contributed by atoms with E-state index in [1.54, 1.807) is 0 Å². The molecule has 0 aliphatic rings. The van der Waals surface area contributed by atoms with E-state index in [9.17, 15) is 4.79 Å². The van der Waals surface area contributed by atoms with Crippen LogP contribution in [0.25, 0.3) is 16.6 Å². The second-order valence-electron chi connectivity index (χ2n) is 5.59. The predicted octanol–water partition coefficient (Wildman–Crippen LogP) is 1.54. The van der Waals surface area contributed by atoms with Gasteiger partial charge in [-0.25, -0.2) is 9.50 Å². The summed E-state index contributed by atoms with van der Waals surface area (Å²) in [6, 6.07) is 7.94. The van der Waals surface area contributed by atoms with Crippen molar-refractivity contribution in [3.8, 4) is 0 Å². The highest BCUT2D eigenvalue weighted by Gasteiger charge is 2.14. The molecule has 0 bridgehead atoms. The smallest absolute Gasteiger partial charge is 0.220 e. The molecule has 0 saturated carbocycles. The summed E-state index contributed by atoms with van der Waals surface area (Å²) >= 11 is 0. The maximum atomic E-state index is 11.7. The Bertz CT molecular complexity index is 870. The van der Waals surface area contributed by atoms with Crippen LogP contribution in [0, 0.1) is 13.8 Å². The van der Waals surface area contributed by atoms with Crippen molar-refractivity contribution in [1.82, 2.24) is 19.9 Å². The molecule has 3 rings (SSSR count). The van der Waals surface area contributed by atoms with Gasteiger partial charge >= 0.3 is 0 Å². The Kier molecular flexibility index (Phi) is 4.25. The molecule has 0 aliphatic heterocycles. The van der Waals surface area contributed by atoms with E-state index in [0.29, 0.717) is 19.4 Å². The summed E-state index contributed by atoms with van der Waals surface area (Å²) in [4.78, 5) is 16.4. The molecule has 0 spiro atoms. The van der Waals surface area contributed by atoms with Gasteiger partial charge in [0.15, 0.2) is 5.65 Å². The average Bonchev–Trinajstić information content (AvgIpc) is 2.91. The normalized spacial score (nSPS) is 11.3. The topological polar surface area (TPSA) is 79.5 Å². The third-order valence-corrected chi connectivity index (χ3v) is 4.05. The van der Waals surface area contributed by atoms with E-state index in [1.807, 2.05) is 42.6 Å². The van der Waals surface area contributed by atoms with Crippen molar-refractivity contribution in [3.05, 3.63) is 41.2 Å². The minimum Gasteiger partial charge on any atom is -0.395 e. The quantitative estimate of drug-likeness (QED) is 0.749. The second-order valence-corrected chi connectivity index (χ2v) is 5.59. The molecule has 0 fully saturated rings. The van der Waals surface area contributed by atoms with Gasteiger partial charge in [-0.2, -0.15) is 5.10 Å². The van der Waals surface area contributed by atoms with E-state index >= 15 is 0 Å². The van der Waals surface area contributed by atoms with Crippen LogP contribution in [0.1, 0.15) is 23.4 Å². The fraction of sp³-hybridized carbons (Fsp3) is 0.353. The molecule has 0 unspecified atom stereocenters. The van der Waals surface area contributed by atoms with E-state index in [1.165, 1.54) is 0 Å². The fourth-order valence-corrected chi connectivity index (χ4v) is 2.86. The largest absolute Gasteiger partial charge is 0.395 e. The number of aromatic nitrogens is 3. The average molecular weight is 312 g/mol. The molecule has 2 aromatic heterocycles. The van der Waals surface area contributed by atoms with Crippen molar-refractivity contribution in [2.75, 3.05) is 13.2 Å². The first-order valence-corrected chi connectivity index (χ1v) is 7.73. The zero-order valence-corrected chi connectivity index (χ0v) is 13.3. The molecule has 0 saturated heterocycles. The Morgan fingerprint density at radius 1 is 1.30 bits per heavy atom. The van der Waals surface area contributed by atoms with Gasteiger partial charge in [0.1, 0.15) is 0 Å². The Morgan fingerprint density at radius 3 is 2.87 bits per heavy atom. The maximum Gasteiger partial charge on any atom is 0.220 e. The first kappa shape index (κ1) is 15.4. The van der Waals surface area contributed by atoms with Crippen molar-refractivity contribution in [3.63, 3.8) is 0 Å². The number of nitrogens with one attached hydrogen (secondary N) is 1. The van der Waals surface area contributed by atoms with Gasteiger partial charge in [0.05, 0.1) is 12.1 Å². The number of amides is 1. The highest BCUT2D eigenvalue weighted by atomic mass is 16.3. The van der Waals surface area contributed by atoms with Gasteiger partial charge in [-0.05, 0) is 38.0 Å². The fourth-order valence-electron chi connectivity index (χ4n) is 2.86. The third kappa shape index (κ3) is 2.90. The summed E-state index contributed by atoms with van der Waals surface area (Å²) in [5.74, 6) is -0.0661. The number of hydrogen-bond donors (Lipinski definition) is 2. The van der Waals surface area contributed by atoms with Gasteiger partial charge in [0.25, 0.3) is 0 Å². The second kappa shape index (κ2) is 6.34. The summed E-state index contributed by atoms with van der Waals surface area (Å²) in [5.41, 5.74) is 4.75. The highest BCUT2D eigenvalue weighted by Crippen LogP contribution is 2.22. The standard InChI is InChI=1S/C17H20N4O2/c1-11-13(7-8-16(23)18-9-10-22)12(2)21-17(19-11)14-5-3-4-6-15(14)20-21/h3-6,22H,7-10H2,1-2H3,(H,18,23). The molecule has 0 radical (unpaired) electrons. The lowest BCUT2D eigenvalue weighted by Gasteiger charge is -2.11. The Morgan fingerprint density at radius 2 is 2.09 bits per heavy atom. The number of hydrogen-bond acceptors (Lipinski definition) is 4. The lowest BCUT2D eigenvalue weighted by atomic mass is 10.1. The van der Waals surface area contributed by atoms with Crippen LogP contribution in [0.15, 0.2) is 24.3 Å². The van der Waals surface area contributed by atoms with Crippen molar-refractivity contribution in [1.29, 1.82) is 0 Å². The molecule has 2 N–H and O–H groups in total. The number of carbonyl (C=O) groups excluding carboxylic acids is 1. The monoisotopic (exact) mass is 312 g/mol. The van der Waals surface area contributed by atoms with Crippen LogP contribution in [0.5, 0.6) is 0 Å². The number of carbonyl (C=O) groups is 1. The molecule has 1 aromatic carbocycles. The van der Waals surface area contributed by atoms with Gasteiger partial charge in [0.2, 0.25) is 5.91 Å². The summed E-state index contributed by atoms with van der Waals surface area (Å²) in [6.45, 7) is 4.22. The summed E-state index contributed by atoms with van der Waals surface area (Å²) in [5, 5.41) is 17.1. The zero-order chi connectivity index (χ0) is 16.4. The van der Waals surface area contributed by atoms with Crippen LogP contribution in [0.3, 0.4) is 0 Å². The van der Waals surface area contributed by atoms with E-state index in [4.69, 9.17) is 10.1 Å². The molecule has 120 valence electrons. The summed E-state index contributed by atoms with van der Waals surface area (Å²) in [7, 11) is 0. The van der Waals surface area contributed by atoms with Crippen LogP contribution in [-0.4, -0.2) is 38.8 Å². The van der Waals surface area contributed by atoms with Gasteiger partial charge in [-0.3, -0.25) is 4.79 Å². The zero-order valence-electron chi connectivity index (χ0n) is 13.3. The molecule has 0 atom stereocenters. The lowest BCUT2D eigenvalue weighted by Crippen LogP contribution is -2.26. The number of rotatable bonds is 5. The molecule has 6 nitrogen and oxygen atoms in total. The van der Waals surface area contributed by atoms with Crippen molar-refractivity contribution in [2.45, 2.75) is 26.7 Å². The molecule has 0 aliphatic carbocycles. The summed E-state index contributed by atoms with van der Waals surface area (Å²) in [6.07, 6.45) is 0.976. The maximum absolute atomic E-state index is 11.7. The number of nitrogens with zero attached hydrogens (tertiary/aromatic N) is 3. The van der Waals surface area contributed by atoms with Gasteiger partial charge in [-0.1, -0.05) is 12.1 Å². The molecular formula is C17H20N4O2. The molecule has 6 heteroatoms. The highest BCUT2D eigenvalue weighted by molar-refractivity contribution is 5.92. The van der Waals surface area contributed by atoms with E-state index in [0.717, 1.165) is 33.5 Å². The van der Waals surface area contributed by atoms with Crippen LogP contribution in [0.2, 0.25) is 0 Å². The molecular weight excluding hydrogens is 292 g/mol. The van der Waals surface area contributed by atoms with Gasteiger partial charge < -0.3 is 10.4 Å². The van der Waals surface area contributed by atoms with Gasteiger partial charge in [0, 0.05) is 29.7 Å². The van der Waals surface area contributed by atoms with Crippen molar-refractivity contribution in [2.24, 2.45) is 0 Å². The van der Waals surface area contributed by atoms with Crippen LogP contribution >= 0.6 is 0 Å². The molecule has 3 aromatic rings. The van der Waals surface area contributed by atoms with E-state index in [2.05, 4.69) is 10.4 Å². The lowest BCUT2D eigenvalue weighted by molar-refractivity contribution is -0.121.